The van der Waals surface area contributed by atoms with Crippen LogP contribution in [0.4, 0.5) is 9.59 Å². The molecule has 0 spiro atoms. The number of nitrogens with one attached hydrogen (secondary N) is 2. The molecule has 1 aliphatic rings. The maximum atomic E-state index is 14.6. The van der Waals surface area contributed by atoms with Gasteiger partial charge in [-0.05, 0) is 79.3 Å². The molecule has 0 radical (unpaired) electrons. The summed E-state index contributed by atoms with van der Waals surface area (Å²) in [6.07, 6.45) is -1.82. The number of benzene rings is 2. The third kappa shape index (κ3) is 12.4. The minimum Gasteiger partial charge on any atom is -0.465 e. The number of aliphatic hydroxyl groups is 1. The topological polar surface area (TPSA) is 168 Å². The Bertz CT molecular complexity index is 2130. The van der Waals surface area contributed by atoms with E-state index in [-0.39, 0.29) is 24.8 Å². The van der Waals surface area contributed by atoms with Crippen LogP contribution in [0.25, 0.3) is 11.3 Å². The molecule has 2 aromatic heterocycles. The minimum atomic E-state index is -1.25. The number of urea groups is 1. The SMILES string of the molecule is Cc1cccc(CN2CCN([C@H](C(=O)N[C@@H](Cc3ccccc3)C[C@H](O)[C@H](Cc3ccc(-c4cccc(C)n4)cc3)NC(=O)[C@@H](N(C)C(=O)O)C(C)(C)C)C(C)(C)C)C2=O)n1. The number of likely N-dealkylation sites (N-methyl/N-ethyl adjacent to an activating group) is 1. The molecule has 61 heavy (non-hydrogen) atoms. The van der Waals surface area contributed by atoms with Crippen LogP contribution in [0.1, 0.15) is 76.2 Å². The standard InChI is InChI=1S/C48H63N7O6/c1-31-15-13-19-36(49-31)30-54-25-26-55(45(54)59)42(48(6,7)8)44(58)51-37(27-33-17-11-10-12-18-33)29-40(56)39(52-43(57)41(47(3,4)5)53(9)46(60)61)28-34-21-23-35(24-22-34)38-20-14-16-32(2)50-38/h10-24,37,39-42,56H,25-30H2,1-9H3,(H,51,58)(H,52,57)(H,60,61)/t37-,39-,40-,41+,42+/m0/s1. The Labute approximate surface area is 360 Å². The van der Waals surface area contributed by atoms with Crippen molar-refractivity contribution in [3.8, 4) is 11.3 Å². The fourth-order valence-electron chi connectivity index (χ4n) is 8.28. The first kappa shape index (κ1) is 46.2. The predicted octanol–water partition coefficient (Wildman–Crippen LogP) is 6.64. The largest absolute Gasteiger partial charge is 0.465 e. The number of carboxylic acid groups (broad SMARTS) is 1. The van der Waals surface area contributed by atoms with Crippen LogP contribution in [0, 0.1) is 24.7 Å². The third-order valence-electron chi connectivity index (χ3n) is 11.1. The number of hydrogen-bond donors (Lipinski definition) is 4. The highest BCUT2D eigenvalue weighted by Crippen LogP contribution is 2.30. The molecular weight excluding hydrogens is 771 g/mol. The highest BCUT2D eigenvalue weighted by Gasteiger charge is 2.44. The smallest absolute Gasteiger partial charge is 0.407 e. The molecule has 2 aromatic carbocycles. The molecule has 1 saturated heterocycles. The quantitative estimate of drug-likeness (QED) is 0.0975. The number of aryl methyl sites for hydroxylation is 2. The summed E-state index contributed by atoms with van der Waals surface area (Å²) in [5.74, 6) is -0.891. The highest BCUT2D eigenvalue weighted by atomic mass is 16.4. The van der Waals surface area contributed by atoms with Crippen LogP contribution in [0.3, 0.4) is 0 Å². The fraction of sp³-hybridized carbons (Fsp3) is 0.458. The number of pyridine rings is 2. The first-order valence-electron chi connectivity index (χ1n) is 21.0. The van der Waals surface area contributed by atoms with E-state index in [4.69, 9.17) is 0 Å². The van der Waals surface area contributed by atoms with E-state index < -0.39 is 53.1 Å². The molecule has 4 aromatic rings. The van der Waals surface area contributed by atoms with Gasteiger partial charge in [0.2, 0.25) is 11.8 Å². The molecule has 13 heteroatoms. The summed E-state index contributed by atoms with van der Waals surface area (Å²) in [6.45, 7) is 16.1. The van der Waals surface area contributed by atoms with Gasteiger partial charge in [-0.15, -0.1) is 0 Å². The van der Waals surface area contributed by atoms with Gasteiger partial charge in [0, 0.05) is 43.1 Å². The molecule has 4 N–H and O–H groups in total. The van der Waals surface area contributed by atoms with Gasteiger partial charge < -0.3 is 30.6 Å². The summed E-state index contributed by atoms with van der Waals surface area (Å²) >= 11 is 0. The van der Waals surface area contributed by atoms with E-state index in [9.17, 15) is 29.4 Å². The summed E-state index contributed by atoms with van der Waals surface area (Å²) in [5.41, 5.74) is 4.58. The van der Waals surface area contributed by atoms with E-state index in [0.29, 0.717) is 26.1 Å². The molecule has 13 nitrogen and oxygen atoms in total. The summed E-state index contributed by atoms with van der Waals surface area (Å²) in [4.78, 5) is 68.4. The van der Waals surface area contributed by atoms with Gasteiger partial charge in [-0.25, -0.2) is 9.59 Å². The number of carbonyl (C=O) groups is 4. The zero-order chi connectivity index (χ0) is 44.6. The van der Waals surface area contributed by atoms with E-state index in [1.165, 1.54) is 7.05 Å². The molecule has 5 rings (SSSR count). The lowest BCUT2D eigenvalue weighted by molar-refractivity contribution is -0.131. The lowest BCUT2D eigenvalue weighted by Crippen LogP contribution is -2.59. The predicted molar refractivity (Wildman–Crippen MR) is 237 cm³/mol. The fourth-order valence-corrected chi connectivity index (χ4v) is 8.28. The van der Waals surface area contributed by atoms with Crippen molar-refractivity contribution in [1.82, 2.24) is 35.3 Å². The van der Waals surface area contributed by atoms with Gasteiger partial charge in [-0.3, -0.25) is 24.5 Å². The lowest BCUT2D eigenvalue weighted by Gasteiger charge is -2.38. The van der Waals surface area contributed by atoms with Crippen molar-refractivity contribution in [2.75, 3.05) is 20.1 Å². The minimum absolute atomic E-state index is 0.0434. The molecule has 5 atom stereocenters. The van der Waals surface area contributed by atoms with Crippen molar-refractivity contribution in [3.05, 3.63) is 119 Å². The van der Waals surface area contributed by atoms with E-state index >= 15 is 0 Å². The van der Waals surface area contributed by atoms with Gasteiger partial charge in [0.1, 0.15) is 12.1 Å². The Morgan fingerprint density at radius 1 is 0.754 bits per heavy atom. The number of aromatic nitrogens is 2. The van der Waals surface area contributed by atoms with Gasteiger partial charge in [-0.1, -0.05) is 108 Å². The van der Waals surface area contributed by atoms with Gasteiger partial charge in [0.15, 0.2) is 0 Å². The molecule has 1 fully saturated rings. The highest BCUT2D eigenvalue weighted by molar-refractivity contribution is 5.89. The molecular formula is C48H63N7O6. The van der Waals surface area contributed by atoms with Crippen LogP contribution in [0.2, 0.25) is 0 Å². The third-order valence-corrected chi connectivity index (χ3v) is 11.1. The van der Waals surface area contributed by atoms with Crippen LogP contribution in [-0.4, -0.2) is 109 Å². The molecule has 0 bridgehead atoms. The molecule has 0 unspecified atom stereocenters. The van der Waals surface area contributed by atoms with E-state index in [0.717, 1.165) is 44.4 Å². The molecule has 3 heterocycles. The molecule has 326 valence electrons. The molecule has 0 aliphatic carbocycles. The Morgan fingerprint density at radius 2 is 1.38 bits per heavy atom. The summed E-state index contributed by atoms with van der Waals surface area (Å²) in [5, 5.41) is 28.4. The number of carbonyl (C=O) groups excluding carboxylic acids is 3. The second kappa shape index (κ2) is 19.7. The maximum absolute atomic E-state index is 14.6. The van der Waals surface area contributed by atoms with Crippen molar-refractivity contribution >= 4 is 23.9 Å². The number of nitrogens with zero attached hydrogens (tertiary/aromatic N) is 5. The van der Waals surface area contributed by atoms with E-state index in [1.54, 1.807) is 30.6 Å². The second-order valence-corrected chi connectivity index (χ2v) is 18.5. The first-order chi connectivity index (χ1) is 28.7. The average molecular weight is 834 g/mol. The zero-order valence-electron chi connectivity index (χ0n) is 37.1. The van der Waals surface area contributed by atoms with Crippen LogP contribution >= 0.6 is 0 Å². The summed E-state index contributed by atoms with van der Waals surface area (Å²) in [7, 11) is 1.36. The Hall–Kier alpha value is -5.82. The second-order valence-electron chi connectivity index (χ2n) is 18.5. The molecule has 1 aliphatic heterocycles. The first-order valence-corrected chi connectivity index (χ1v) is 21.0. The van der Waals surface area contributed by atoms with Gasteiger partial charge in [-0.2, -0.15) is 0 Å². The van der Waals surface area contributed by atoms with Gasteiger partial charge >= 0.3 is 12.1 Å². The Morgan fingerprint density at radius 3 is 1.97 bits per heavy atom. The van der Waals surface area contributed by atoms with Crippen molar-refractivity contribution in [2.24, 2.45) is 10.8 Å². The number of hydrogen-bond acceptors (Lipinski definition) is 7. The number of amides is 5. The summed E-state index contributed by atoms with van der Waals surface area (Å²) < 4.78 is 0. The van der Waals surface area contributed by atoms with Crippen LogP contribution in [0.15, 0.2) is 91.0 Å². The van der Waals surface area contributed by atoms with Crippen LogP contribution in [0.5, 0.6) is 0 Å². The molecule has 5 amide bonds. The number of aliphatic hydroxyl groups excluding tert-OH is 1. The van der Waals surface area contributed by atoms with Gasteiger partial charge in [0.25, 0.3) is 0 Å². The Balaban J connectivity index is 1.43. The van der Waals surface area contributed by atoms with E-state index in [2.05, 4.69) is 20.6 Å². The normalized spacial score (nSPS) is 15.7. The molecule has 0 saturated carbocycles. The van der Waals surface area contributed by atoms with Crippen LogP contribution in [-0.2, 0) is 29.0 Å². The van der Waals surface area contributed by atoms with Crippen molar-refractivity contribution in [3.63, 3.8) is 0 Å². The number of rotatable bonds is 16. The maximum Gasteiger partial charge on any atom is 0.407 e. The monoisotopic (exact) mass is 833 g/mol. The Kier molecular flexibility index (Phi) is 14.9. The van der Waals surface area contributed by atoms with Crippen molar-refractivity contribution in [1.29, 1.82) is 0 Å². The summed E-state index contributed by atoms with van der Waals surface area (Å²) in [6, 6.07) is 25.3. The zero-order valence-corrected chi connectivity index (χ0v) is 37.1. The average Bonchev–Trinajstić information content (AvgIpc) is 3.51. The van der Waals surface area contributed by atoms with Crippen LogP contribution < -0.4 is 10.6 Å². The van der Waals surface area contributed by atoms with Gasteiger partial charge in [0.05, 0.1) is 30.1 Å². The van der Waals surface area contributed by atoms with Crippen molar-refractivity contribution < 1.29 is 29.4 Å². The van der Waals surface area contributed by atoms with E-state index in [1.807, 2.05) is 126 Å². The van der Waals surface area contributed by atoms with Crippen molar-refractivity contribution in [2.45, 2.75) is 111 Å². The lowest BCUT2D eigenvalue weighted by atomic mass is 9.84.